The van der Waals surface area contributed by atoms with Crippen molar-refractivity contribution < 1.29 is 37.4 Å². The number of benzene rings is 2. The minimum atomic E-state index is -4.96. The van der Waals surface area contributed by atoms with Crippen LogP contribution in [0.4, 0.5) is 18.0 Å². The van der Waals surface area contributed by atoms with E-state index in [2.05, 4.69) is 5.32 Å². The standard InChI is InChI=1S/C25H27F3N2O5/c1-14(2)11-20(23(33)30-21(12-22(31)32)25(26,27)28)29-24(34)35-13-19-17-9-5-3-7-15(17)16-8-4-6-10-18(16)19/h3-10,14,19-21H,11-13H2,1-2H3,(H,29,34)(H,30,33)(H,31,32)/t20-,21?/m1/s1. The summed E-state index contributed by atoms with van der Waals surface area (Å²) >= 11 is 0. The Morgan fingerprint density at radius 1 is 0.971 bits per heavy atom. The van der Waals surface area contributed by atoms with Gasteiger partial charge in [0.15, 0.2) is 0 Å². The van der Waals surface area contributed by atoms with Gasteiger partial charge in [0, 0.05) is 5.92 Å². The number of halogens is 3. The van der Waals surface area contributed by atoms with E-state index in [0.717, 1.165) is 22.3 Å². The van der Waals surface area contributed by atoms with E-state index in [9.17, 15) is 27.6 Å². The molecule has 35 heavy (non-hydrogen) atoms. The average molecular weight is 492 g/mol. The maximum Gasteiger partial charge on any atom is 0.409 e. The number of hydrogen-bond acceptors (Lipinski definition) is 4. The normalized spacial score (nSPS) is 14.6. The van der Waals surface area contributed by atoms with E-state index in [1.807, 2.05) is 48.5 Å². The Labute approximate surface area is 200 Å². The Kier molecular flexibility index (Phi) is 8.03. The largest absolute Gasteiger partial charge is 0.481 e. The summed E-state index contributed by atoms with van der Waals surface area (Å²) in [6.07, 6.45) is -7.20. The number of alkyl carbamates (subject to hydrolysis) is 1. The molecule has 2 atom stereocenters. The van der Waals surface area contributed by atoms with Gasteiger partial charge >= 0.3 is 18.2 Å². The van der Waals surface area contributed by atoms with Gasteiger partial charge in [-0.05, 0) is 34.6 Å². The molecule has 0 radical (unpaired) electrons. The molecule has 10 heteroatoms. The number of carbonyl (C=O) groups is 3. The second-order valence-corrected chi connectivity index (χ2v) is 8.85. The van der Waals surface area contributed by atoms with E-state index in [1.165, 1.54) is 0 Å². The highest BCUT2D eigenvalue weighted by Crippen LogP contribution is 2.44. The van der Waals surface area contributed by atoms with Crippen LogP contribution in [0.5, 0.6) is 0 Å². The lowest BCUT2D eigenvalue weighted by Crippen LogP contribution is -2.54. The molecular weight excluding hydrogens is 465 g/mol. The van der Waals surface area contributed by atoms with Gasteiger partial charge in [-0.15, -0.1) is 0 Å². The molecule has 0 saturated heterocycles. The van der Waals surface area contributed by atoms with Crippen LogP contribution in [-0.2, 0) is 14.3 Å². The minimum Gasteiger partial charge on any atom is -0.481 e. The second kappa shape index (κ2) is 10.8. The predicted molar refractivity (Wildman–Crippen MR) is 122 cm³/mol. The smallest absolute Gasteiger partial charge is 0.409 e. The van der Waals surface area contributed by atoms with Crippen LogP contribution in [0.1, 0.15) is 43.7 Å². The first-order valence-electron chi connectivity index (χ1n) is 11.2. The summed E-state index contributed by atoms with van der Waals surface area (Å²) < 4.78 is 44.9. The number of carboxylic acids is 1. The molecule has 7 nitrogen and oxygen atoms in total. The molecule has 0 fully saturated rings. The zero-order chi connectivity index (χ0) is 25.8. The van der Waals surface area contributed by atoms with E-state index in [1.54, 1.807) is 19.2 Å². The van der Waals surface area contributed by atoms with Gasteiger partial charge < -0.3 is 20.5 Å². The number of hydrogen-bond donors (Lipinski definition) is 3. The van der Waals surface area contributed by atoms with Crippen LogP contribution >= 0.6 is 0 Å². The van der Waals surface area contributed by atoms with Crippen molar-refractivity contribution >= 4 is 18.0 Å². The summed E-state index contributed by atoms with van der Waals surface area (Å²) in [4.78, 5) is 35.9. The topological polar surface area (TPSA) is 105 Å². The third kappa shape index (κ3) is 6.52. The van der Waals surface area contributed by atoms with Gasteiger partial charge in [-0.25, -0.2) is 4.79 Å². The van der Waals surface area contributed by atoms with Crippen LogP contribution in [0, 0.1) is 5.92 Å². The van der Waals surface area contributed by atoms with Crippen LogP contribution in [0.2, 0.25) is 0 Å². The van der Waals surface area contributed by atoms with Crippen LogP contribution < -0.4 is 10.6 Å². The lowest BCUT2D eigenvalue weighted by atomic mass is 9.98. The van der Waals surface area contributed by atoms with Gasteiger partial charge in [0.05, 0.1) is 6.42 Å². The maximum absolute atomic E-state index is 13.2. The molecule has 0 saturated carbocycles. The van der Waals surface area contributed by atoms with Crippen LogP contribution in [-0.4, -0.2) is 47.9 Å². The summed E-state index contributed by atoms with van der Waals surface area (Å²) in [5.74, 6) is -3.22. The number of ether oxygens (including phenoxy) is 1. The number of alkyl halides is 3. The molecule has 1 unspecified atom stereocenters. The van der Waals surface area contributed by atoms with Gasteiger partial charge in [-0.3, -0.25) is 9.59 Å². The highest BCUT2D eigenvalue weighted by molar-refractivity contribution is 5.86. The zero-order valence-corrected chi connectivity index (χ0v) is 19.3. The highest BCUT2D eigenvalue weighted by atomic mass is 19.4. The Morgan fingerprint density at radius 2 is 1.51 bits per heavy atom. The van der Waals surface area contributed by atoms with Gasteiger partial charge in [0.2, 0.25) is 5.91 Å². The fraction of sp³-hybridized carbons (Fsp3) is 0.400. The molecule has 0 aliphatic heterocycles. The van der Waals surface area contributed by atoms with E-state index in [-0.39, 0.29) is 24.9 Å². The van der Waals surface area contributed by atoms with Crippen molar-refractivity contribution in [3.8, 4) is 11.1 Å². The SMILES string of the molecule is CC(C)C[C@@H](NC(=O)OCC1c2ccccc2-c2ccccc21)C(=O)NC(CC(=O)O)C(F)(F)F. The number of carbonyl (C=O) groups excluding carboxylic acids is 2. The Morgan fingerprint density at radius 3 is 2.00 bits per heavy atom. The van der Waals surface area contributed by atoms with Crippen molar-refractivity contribution in [3.05, 3.63) is 59.7 Å². The molecule has 2 aromatic rings. The monoisotopic (exact) mass is 492 g/mol. The van der Waals surface area contributed by atoms with E-state index in [0.29, 0.717) is 0 Å². The molecule has 2 aromatic carbocycles. The molecule has 3 N–H and O–H groups in total. The third-order valence-electron chi connectivity index (χ3n) is 5.75. The first-order chi connectivity index (χ1) is 16.5. The van der Waals surface area contributed by atoms with Crippen molar-refractivity contribution in [2.45, 2.75) is 50.9 Å². The first-order valence-corrected chi connectivity index (χ1v) is 11.2. The fourth-order valence-electron chi connectivity index (χ4n) is 4.18. The maximum atomic E-state index is 13.2. The summed E-state index contributed by atoms with van der Waals surface area (Å²) in [6, 6.07) is 11.5. The first kappa shape index (κ1) is 26.1. The number of fused-ring (bicyclic) bond motifs is 3. The van der Waals surface area contributed by atoms with Crippen molar-refractivity contribution in [3.63, 3.8) is 0 Å². The molecule has 3 rings (SSSR count). The number of rotatable bonds is 9. The van der Waals surface area contributed by atoms with E-state index in [4.69, 9.17) is 9.84 Å². The summed E-state index contributed by atoms with van der Waals surface area (Å²) in [5.41, 5.74) is 4.04. The van der Waals surface area contributed by atoms with Gasteiger partial charge in [-0.2, -0.15) is 13.2 Å². The molecule has 1 aliphatic carbocycles. The van der Waals surface area contributed by atoms with Crippen LogP contribution in [0.25, 0.3) is 11.1 Å². The predicted octanol–water partition coefficient (Wildman–Crippen LogP) is 4.46. The number of amides is 2. The molecule has 188 valence electrons. The quantitative estimate of drug-likeness (QED) is 0.479. The lowest BCUT2D eigenvalue weighted by molar-refractivity contribution is -0.170. The molecule has 2 amide bonds. The number of aliphatic carboxylic acids is 1. The molecule has 0 aromatic heterocycles. The molecule has 0 heterocycles. The van der Waals surface area contributed by atoms with Gasteiger partial charge in [0.25, 0.3) is 0 Å². The van der Waals surface area contributed by atoms with Crippen molar-refractivity contribution in [2.24, 2.45) is 5.92 Å². The summed E-state index contributed by atoms with van der Waals surface area (Å²) in [5, 5.41) is 12.8. The molecule has 1 aliphatic rings. The second-order valence-electron chi connectivity index (χ2n) is 8.85. The Bertz CT molecular complexity index is 1040. The highest BCUT2D eigenvalue weighted by Gasteiger charge is 2.43. The summed E-state index contributed by atoms with van der Waals surface area (Å²) in [6.45, 7) is 3.44. The van der Waals surface area contributed by atoms with E-state index < -0.39 is 42.7 Å². The lowest BCUT2D eigenvalue weighted by Gasteiger charge is -2.25. The number of carboxylic acid groups (broad SMARTS) is 1. The van der Waals surface area contributed by atoms with Crippen molar-refractivity contribution in [1.82, 2.24) is 10.6 Å². The van der Waals surface area contributed by atoms with Gasteiger partial charge in [-0.1, -0.05) is 62.4 Å². The van der Waals surface area contributed by atoms with E-state index >= 15 is 0 Å². The zero-order valence-electron chi connectivity index (χ0n) is 19.3. The molecule has 0 bridgehead atoms. The third-order valence-corrected chi connectivity index (χ3v) is 5.75. The van der Waals surface area contributed by atoms with Crippen molar-refractivity contribution in [2.75, 3.05) is 6.61 Å². The molecular formula is C25H27F3N2O5. The minimum absolute atomic E-state index is 0.0277. The Balaban J connectivity index is 1.68. The van der Waals surface area contributed by atoms with Gasteiger partial charge in [0.1, 0.15) is 18.7 Å². The number of nitrogens with one attached hydrogen (secondary N) is 2. The average Bonchev–Trinajstić information content (AvgIpc) is 3.09. The fourth-order valence-corrected chi connectivity index (χ4v) is 4.18. The molecule has 0 spiro atoms. The van der Waals surface area contributed by atoms with Crippen LogP contribution in [0.3, 0.4) is 0 Å². The van der Waals surface area contributed by atoms with Crippen molar-refractivity contribution in [1.29, 1.82) is 0 Å². The summed E-state index contributed by atoms with van der Waals surface area (Å²) in [7, 11) is 0. The van der Waals surface area contributed by atoms with Crippen LogP contribution in [0.15, 0.2) is 48.5 Å². The Hall–Kier alpha value is -3.56.